The number of fused-ring (bicyclic) bond motifs is 1. The Hall–Kier alpha value is -2.83. The molecule has 7 heteroatoms. The Morgan fingerprint density at radius 1 is 1.39 bits per heavy atom. The van der Waals surface area contributed by atoms with E-state index in [9.17, 15) is 4.79 Å². The number of imidazole rings is 1. The van der Waals surface area contributed by atoms with Gasteiger partial charge in [0.25, 0.3) is 5.91 Å². The molecule has 7 nitrogen and oxygen atoms in total. The van der Waals surface area contributed by atoms with Gasteiger partial charge >= 0.3 is 0 Å². The van der Waals surface area contributed by atoms with Gasteiger partial charge in [0.1, 0.15) is 0 Å². The summed E-state index contributed by atoms with van der Waals surface area (Å²) < 4.78 is 0. The molecule has 18 heavy (non-hydrogen) atoms. The number of nitrogens with zero attached hydrogens (tertiary/aromatic N) is 2. The molecule has 90 valence electrons. The van der Waals surface area contributed by atoms with Crippen LogP contribution in [0.25, 0.3) is 10.9 Å². The van der Waals surface area contributed by atoms with Gasteiger partial charge in [-0.15, -0.1) is 0 Å². The molecule has 2 aromatic heterocycles. The highest BCUT2D eigenvalue weighted by molar-refractivity contribution is 6.10. The molecule has 3 rings (SSSR count). The van der Waals surface area contributed by atoms with Crippen LogP contribution in [0.5, 0.6) is 0 Å². The van der Waals surface area contributed by atoms with E-state index in [1.54, 1.807) is 30.6 Å². The molecule has 0 fully saturated rings. The van der Waals surface area contributed by atoms with Gasteiger partial charge in [-0.3, -0.25) is 15.2 Å². The minimum atomic E-state index is -0.346. The second kappa shape index (κ2) is 3.88. The molecule has 1 aromatic carbocycles. The minimum Gasteiger partial charge on any atom is -0.399 e. The second-order valence-corrected chi connectivity index (χ2v) is 3.77. The first-order valence-electron chi connectivity index (χ1n) is 5.28. The van der Waals surface area contributed by atoms with Crippen LogP contribution in [0.15, 0.2) is 30.6 Å². The van der Waals surface area contributed by atoms with Gasteiger partial charge in [-0.25, -0.2) is 4.98 Å². The summed E-state index contributed by atoms with van der Waals surface area (Å²) in [6.45, 7) is 0. The third-order valence-electron chi connectivity index (χ3n) is 2.53. The molecule has 0 aliphatic heterocycles. The number of H-pyrrole nitrogens is 2. The predicted octanol–water partition coefficient (Wildman–Crippen LogP) is 1.12. The Labute approximate surface area is 101 Å². The maximum atomic E-state index is 12.0. The molecule has 1 amide bonds. The number of amides is 1. The zero-order valence-corrected chi connectivity index (χ0v) is 9.27. The minimum absolute atomic E-state index is 0.286. The fourth-order valence-electron chi connectivity index (χ4n) is 1.71. The van der Waals surface area contributed by atoms with Crippen LogP contribution < -0.4 is 11.1 Å². The lowest BCUT2D eigenvalue weighted by Gasteiger charge is -1.99. The molecule has 2 heterocycles. The first-order chi connectivity index (χ1) is 8.74. The second-order valence-electron chi connectivity index (χ2n) is 3.77. The van der Waals surface area contributed by atoms with Crippen molar-refractivity contribution in [1.29, 1.82) is 0 Å². The van der Waals surface area contributed by atoms with E-state index in [1.165, 1.54) is 0 Å². The van der Waals surface area contributed by atoms with Crippen molar-refractivity contribution in [3.63, 3.8) is 0 Å². The van der Waals surface area contributed by atoms with E-state index in [0.717, 1.165) is 5.52 Å². The van der Waals surface area contributed by atoms with Crippen molar-refractivity contribution < 1.29 is 4.79 Å². The summed E-state index contributed by atoms with van der Waals surface area (Å²) >= 11 is 0. The van der Waals surface area contributed by atoms with Crippen molar-refractivity contribution >= 4 is 28.4 Å². The zero-order valence-electron chi connectivity index (χ0n) is 9.27. The number of hydrogen-bond donors (Lipinski definition) is 4. The molecule has 0 aliphatic rings. The normalized spacial score (nSPS) is 10.7. The largest absolute Gasteiger partial charge is 0.399 e. The van der Waals surface area contributed by atoms with E-state index in [0.29, 0.717) is 17.0 Å². The fraction of sp³-hybridized carbons (Fsp3) is 0. The Kier molecular flexibility index (Phi) is 2.23. The van der Waals surface area contributed by atoms with E-state index in [1.807, 2.05) is 0 Å². The van der Waals surface area contributed by atoms with Crippen LogP contribution in [0, 0.1) is 0 Å². The number of carbonyl (C=O) groups is 1. The summed E-state index contributed by atoms with van der Waals surface area (Å²) in [7, 11) is 0. The molecular weight excluding hydrogens is 232 g/mol. The van der Waals surface area contributed by atoms with Crippen molar-refractivity contribution in [3.05, 3.63) is 36.3 Å². The molecule has 0 radical (unpaired) electrons. The highest BCUT2D eigenvalue weighted by Gasteiger charge is 2.15. The first-order valence-corrected chi connectivity index (χ1v) is 5.28. The number of benzene rings is 1. The SMILES string of the molecule is Nc1ccc2[nH]nc(C(=O)Nc3ncc[nH]3)c2c1. The lowest BCUT2D eigenvalue weighted by molar-refractivity contribution is 0.102. The first kappa shape index (κ1) is 10.3. The van der Waals surface area contributed by atoms with Crippen LogP contribution in [0.3, 0.4) is 0 Å². The summed E-state index contributed by atoms with van der Waals surface area (Å²) in [5.74, 6) is 0.0295. The van der Waals surface area contributed by atoms with E-state index in [4.69, 9.17) is 5.73 Å². The summed E-state index contributed by atoms with van der Waals surface area (Å²) in [6.07, 6.45) is 3.17. The van der Waals surface area contributed by atoms with Crippen LogP contribution in [0.2, 0.25) is 0 Å². The number of anilines is 2. The van der Waals surface area contributed by atoms with Crippen LogP contribution in [0.4, 0.5) is 11.6 Å². The van der Waals surface area contributed by atoms with Crippen molar-refractivity contribution in [2.45, 2.75) is 0 Å². The highest BCUT2D eigenvalue weighted by atomic mass is 16.2. The average Bonchev–Trinajstić information content (AvgIpc) is 2.97. The van der Waals surface area contributed by atoms with Gasteiger partial charge in [-0.05, 0) is 18.2 Å². The summed E-state index contributed by atoms with van der Waals surface area (Å²) in [5, 5.41) is 10.0. The van der Waals surface area contributed by atoms with Crippen LogP contribution in [0.1, 0.15) is 10.5 Å². The molecule has 0 atom stereocenters. The molecule has 0 saturated heterocycles. The van der Waals surface area contributed by atoms with E-state index in [2.05, 4.69) is 25.5 Å². The molecule has 0 spiro atoms. The van der Waals surface area contributed by atoms with Gasteiger partial charge < -0.3 is 10.7 Å². The molecule has 5 N–H and O–H groups in total. The topological polar surface area (TPSA) is 112 Å². The van der Waals surface area contributed by atoms with Gasteiger partial charge in [0.2, 0.25) is 5.95 Å². The number of rotatable bonds is 2. The van der Waals surface area contributed by atoms with Gasteiger partial charge in [-0.2, -0.15) is 5.10 Å². The fourth-order valence-corrected chi connectivity index (χ4v) is 1.71. The van der Waals surface area contributed by atoms with Gasteiger partial charge in [0, 0.05) is 23.5 Å². The highest BCUT2D eigenvalue weighted by Crippen LogP contribution is 2.19. The van der Waals surface area contributed by atoms with Crippen LogP contribution in [-0.2, 0) is 0 Å². The number of aromatic nitrogens is 4. The summed E-state index contributed by atoms with van der Waals surface area (Å²) in [4.78, 5) is 18.7. The van der Waals surface area contributed by atoms with Crippen molar-refractivity contribution in [2.24, 2.45) is 0 Å². The predicted molar refractivity (Wildman–Crippen MR) is 67.0 cm³/mol. The van der Waals surface area contributed by atoms with Crippen molar-refractivity contribution in [1.82, 2.24) is 20.2 Å². The Balaban J connectivity index is 1.98. The third-order valence-corrected chi connectivity index (χ3v) is 2.53. The Morgan fingerprint density at radius 3 is 3.06 bits per heavy atom. The lowest BCUT2D eigenvalue weighted by atomic mass is 10.2. The lowest BCUT2D eigenvalue weighted by Crippen LogP contribution is -2.13. The maximum absolute atomic E-state index is 12.0. The van der Waals surface area contributed by atoms with Gasteiger partial charge in [-0.1, -0.05) is 0 Å². The number of carbonyl (C=O) groups excluding carboxylic acids is 1. The monoisotopic (exact) mass is 242 g/mol. The number of nitrogens with one attached hydrogen (secondary N) is 3. The van der Waals surface area contributed by atoms with E-state index >= 15 is 0 Å². The maximum Gasteiger partial charge on any atom is 0.279 e. The molecule has 0 bridgehead atoms. The van der Waals surface area contributed by atoms with Crippen LogP contribution >= 0.6 is 0 Å². The van der Waals surface area contributed by atoms with Crippen LogP contribution in [-0.4, -0.2) is 26.1 Å². The number of hydrogen-bond acceptors (Lipinski definition) is 4. The van der Waals surface area contributed by atoms with Crippen molar-refractivity contribution in [3.8, 4) is 0 Å². The van der Waals surface area contributed by atoms with Gasteiger partial charge in [0.15, 0.2) is 5.69 Å². The smallest absolute Gasteiger partial charge is 0.279 e. The number of nitrogens with two attached hydrogens (primary N) is 1. The van der Waals surface area contributed by atoms with E-state index in [-0.39, 0.29) is 11.6 Å². The standard InChI is InChI=1S/C11H10N6O/c12-6-1-2-8-7(5-6)9(17-16-8)10(18)15-11-13-3-4-14-11/h1-5H,12H2,(H,16,17)(H2,13,14,15,18). The summed E-state index contributed by atoms with van der Waals surface area (Å²) in [5.41, 5.74) is 7.32. The Bertz CT molecular complexity index is 699. The summed E-state index contributed by atoms with van der Waals surface area (Å²) in [6, 6.07) is 5.23. The van der Waals surface area contributed by atoms with Crippen molar-refractivity contribution in [2.75, 3.05) is 11.1 Å². The molecule has 0 unspecified atom stereocenters. The molecule has 3 aromatic rings. The zero-order chi connectivity index (χ0) is 12.5. The molecule has 0 saturated carbocycles. The molecule has 0 aliphatic carbocycles. The number of nitrogen functional groups attached to an aromatic ring is 1. The average molecular weight is 242 g/mol. The third kappa shape index (κ3) is 1.67. The van der Waals surface area contributed by atoms with E-state index < -0.39 is 0 Å². The Morgan fingerprint density at radius 2 is 2.28 bits per heavy atom. The quantitative estimate of drug-likeness (QED) is 0.504. The van der Waals surface area contributed by atoms with Gasteiger partial charge in [0.05, 0.1) is 5.52 Å². The number of aromatic amines is 2. The molecular formula is C11H10N6O.